The fraction of sp³-hybridized carbons (Fsp3) is 0.250. The standard InChI is InChI=1S/C4H4N3O3/c5-2(8)1-3(9)7-4(10)6-1/h1H,(H2,5,8)(H,7,9,10). The third kappa shape index (κ3) is 0.903. The van der Waals surface area contributed by atoms with E-state index in [-0.39, 0.29) is 0 Å². The van der Waals surface area contributed by atoms with Crippen LogP contribution < -0.4 is 16.4 Å². The number of urea groups is 1. The van der Waals surface area contributed by atoms with E-state index in [0.29, 0.717) is 0 Å². The van der Waals surface area contributed by atoms with E-state index in [2.05, 4.69) is 5.32 Å². The van der Waals surface area contributed by atoms with Crippen molar-refractivity contribution in [3.63, 3.8) is 0 Å². The summed E-state index contributed by atoms with van der Waals surface area (Å²) in [6.45, 7) is 0. The van der Waals surface area contributed by atoms with Crippen LogP contribution in [0.3, 0.4) is 0 Å². The zero-order valence-corrected chi connectivity index (χ0v) is 4.83. The molecule has 0 aromatic carbocycles. The largest absolute Gasteiger partial charge is 0.367 e. The molecule has 1 rings (SSSR count). The van der Waals surface area contributed by atoms with Crippen LogP contribution in [0.5, 0.6) is 0 Å². The van der Waals surface area contributed by atoms with Gasteiger partial charge in [0.05, 0.1) is 0 Å². The molecule has 6 heteroatoms. The number of carbonyl (C=O) groups excluding carboxylic acids is 3. The molecule has 1 unspecified atom stereocenters. The minimum atomic E-state index is -1.33. The number of amides is 4. The Morgan fingerprint density at radius 2 is 2.20 bits per heavy atom. The summed E-state index contributed by atoms with van der Waals surface area (Å²) in [5.74, 6) is -1.67. The topological polar surface area (TPSA) is 103 Å². The second-order valence-electron chi connectivity index (χ2n) is 1.73. The van der Waals surface area contributed by atoms with Crippen molar-refractivity contribution in [2.24, 2.45) is 5.73 Å². The summed E-state index contributed by atoms with van der Waals surface area (Å²) >= 11 is 0. The lowest BCUT2D eigenvalue weighted by molar-refractivity contribution is -0.128. The summed E-state index contributed by atoms with van der Waals surface area (Å²) in [4.78, 5) is 31.0. The molecule has 4 amide bonds. The van der Waals surface area contributed by atoms with Gasteiger partial charge in [-0.25, -0.2) is 10.1 Å². The zero-order chi connectivity index (χ0) is 7.72. The fourth-order valence-corrected chi connectivity index (χ4v) is 0.575. The molecular weight excluding hydrogens is 138 g/mol. The number of nitrogens with zero attached hydrogens (tertiary/aromatic N) is 1. The Kier molecular flexibility index (Phi) is 1.29. The van der Waals surface area contributed by atoms with Crippen LogP contribution in [0.2, 0.25) is 0 Å². The first-order valence-electron chi connectivity index (χ1n) is 2.46. The predicted molar refractivity (Wildman–Crippen MR) is 28.7 cm³/mol. The van der Waals surface area contributed by atoms with Crippen molar-refractivity contribution in [1.29, 1.82) is 0 Å². The van der Waals surface area contributed by atoms with Gasteiger partial charge in [-0.1, -0.05) is 0 Å². The molecule has 1 saturated heterocycles. The quantitative estimate of drug-likeness (QED) is 0.317. The summed E-state index contributed by atoms with van der Waals surface area (Å²) in [6.07, 6.45) is 0. The van der Waals surface area contributed by atoms with Gasteiger partial charge in [-0.05, 0) is 0 Å². The van der Waals surface area contributed by atoms with Crippen molar-refractivity contribution in [3.05, 3.63) is 0 Å². The van der Waals surface area contributed by atoms with Crippen LogP contribution in [0.1, 0.15) is 0 Å². The molecule has 10 heavy (non-hydrogen) atoms. The number of hydrogen-bond donors (Lipinski definition) is 2. The highest BCUT2D eigenvalue weighted by molar-refractivity contribution is 6.15. The van der Waals surface area contributed by atoms with Gasteiger partial charge in [-0.2, -0.15) is 0 Å². The number of primary amides is 1. The number of nitrogens with one attached hydrogen (secondary N) is 1. The molecule has 0 aliphatic carbocycles. The maximum atomic E-state index is 10.5. The normalized spacial score (nSPS) is 23.8. The molecule has 1 fully saturated rings. The van der Waals surface area contributed by atoms with E-state index in [1.54, 1.807) is 5.32 Å². The highest BCUT2D eigenvalue weighted by Crippen LogP contribution is 1.92. The van der Waals surface area contributed by atoms with Crippen molar-refractivity contribution in [2.75, 3.05) is 0 Å². The van der Waals surface area contributed by atoms with Gasteiger partial charge >= 0.3 is 6.03 Å². The molecule has 1 aliphatic heterocycles. The Bertz CT molecular complexity index is 212. The molecule has 1 atom stereocenters. The fourth-order valence-electron chi connectivity index (χ4n) is 0.575. The Labute approximate surface area is 55.8 Å². The number of rotatable bonds is 1. The molecule has 53 valence electrons. The third-order valence-electron chi connectivity index (χ3n) is 0.994. The molecule has 0 saturated carbocycles. The maximum Gasteiger partial charge on any atom is 0.344 e. The van der Waals surface area contributed by atoms with Crippen molar-refractivity contribution in [1.82, 2.24) is 10.6 Å². The van der Waals surface area contributed by atoms with Gasteiger partial charge < -0.3 is 5.73 Å². The van der Waals surface area contributed by atoms with Crippen molar-refractivity contribution < 1.29 is 14.4 Å². The van der Waals surface area contributed by atoms with Crippen molar-refractivity contribution in [2.45, 2.75) is 6.04 Å². The first-order valence-corrected chi connectivity index (χ1v) is 2.46. The van der Waals surface area contributed by atoms with Crippen molar-refractivity contribution >= 4 is 17.8 Å². The van der Waals surface area contributed by atoms with E-state index in [4.69, 9.17) is 5.73 Å². The first-order chi connectivity index (χ1) is 4.61. The smallest absolute Gasteiger partial charge is 0.344 e. The predicted octanol–water partition coefficient (Wildman–Crippen LogP) is -2.31. The van der Waals surface area contributed by atoms with Gasteiger partial charge in [-0.15, -0.1) is 0 Å². The van der Waals surface area contributed by atoms with Gasteiger partial charge in [0.1, 0.15) is 0 Å². The molecule has 6 nitrogen and oxygen atoms in total. The van der Waals surface area contributed by atoms with Crippen LogP contribution >= 0.6 is 0 Å². The highest BCUT2D eigenvalue weighted by atomic mass is 16.2. The number of carbonyl (C=O) groups is 3. The van der Waals surface area contributed by atoms with Gasteiger partial charge in [-0.3, -0.25) is 14.9 Å². The Balaban J connectivity index is 2.72. The average Bonchev–Trinajstić information content (AvgIpc) is 2.10. The summed E-state index contributed by atoms with van der Waals surface area (Å²) < 4.78 is 0. The average molecular weight is 142 g/mol. The van der Waals surface area contributed by atoms with E-state index in [1.807, 2.05) is 0 Å². The SMILES string of the molecule is NC(=O)C1[N]C(=O)NC1=O. The number of hydrogen-bond acceptors (Lipinski definition) is 3. The van der Waals surface area contributed by atoms with Crippen LogP contribution in [-0.4, -0.2) is 23.9 Å². The molecule has 1 heterocycles. The second kappa shape index (κ2) is 1.98. The summed E-state index contributed by atoms with van der Waals surface area (Å²) in [6, 6.07) is -2.14. The lowest BCUT2D eigenvalue weighted by atomic mass is 10.3. The minimum Gasteiger partial charge on any atom is -0.367 e. The molecule has 0 spiro atoms. The van der Waals surface area contributed by atoms with Crippen LogP contribution in [0.25, 0.3) is 0 Å². The van der Waals surface area contributed by atoms with Crippen LogP contribution in [0, 0.1) is 0 Å². The van der Waals surface area contributed by atoms with E-state index in [1.165, 1.54) is 0 Å². The molecule has 0 aromatic rings. The van der Waals surface area contributed by atoms with Gasteiger partial charge in [0.25, 0.3) is 11.8 Å². The van der Waals surface area contributed by atoms with Crippen LogP contribution in [-0.2, 0) is 9.59 Å². The zero-order valence-electron chi connectivity index (χ0n) is 4.83. The maximum absolute atomic E-state index is 10.5. The number of nitrogens with two attached hydrogens (primary N) is 1. The summed E-state index contributed by atoms with van der Waals surface area (Å²) in [5.41, 5.74) is 4.70. The van der Waals surface area contributed by atoms with E-state index in [9.17, 15) is 14.4 Å². The second-order valence-corrected chi connectivity index (χ2v) is 1.73. The summed E-state index contributed by atoms with van der Waals surface area (Å²) in [7, 11) is 0. The van der Waals surface area contributed by atoms with Gasteiger partial charge in [0, 0.05) is 0 Å². The Morgan fingerprint density at radius 1 is 1.60 bits per heavy atom. The number of imide groups is 1. The monoisotopic (exact) mass is 142 g/mol. The van der Waals surface area contributed by atoms with Gasteiger partial charge in [0.2, 0.25) is 6.04 Å². The molecule has 0 bridgehead atoms. The van der Waals surface area contributed by atoms with Crippen molar-refractivity contribution in [3.8, 4) is 0 Å². The van der Waals surface area contributed by atoms with Crippen LogP contribution in [0.15, 0.2) is 0 Å². The Hall–Kier alpha value is -1.59. The first kappa shape index (κ1) is 6.53. The molecule has 1 radical (unpaired) electrons. The molecular formula is C4H4N3O3. The molecule has 3 N–H and O–H groups in total. The lowest BCUT2D eigenvalue weighted by Crippen LogP contribution is -2.38. The van der Waals surface area contributed by atoms with Crippen LogP contribution in [0.4, 0.5) is 4.79 Å². The lowest BCUT2D eigenvalue weighted by Gasteiger charge is -1.94. The van der Waals surface area contributed by atoms with E-state index < -0.39 is 23.9 Å². The summed E-state index contributed by atoms with van der Waals surface area (Å²) in [5, 5.41) is 4.90. The van der Waals surface area contributed by atoms with E-state index >= 15 is 0 Å². The third-order valence-corrected chi connectivity index (χ3v) is 0.994. The minimum absolute atomic E-state index is 0.752. The van der Waals surface area contributed by atoms with E-state index in [0.717, 1.165) is 0 Å². The Morgan fingerprint density at radius 3 is 2.40 bits per heavy atom. The highest BCUT2D eigenvalue weighted by Gasteiger charge is 2.35. The van der Waals surface area contributed by atoms with Gasteiger partial charge in [0.15, 0.2) is 0 Å². The molecule has 0 aromatic heterocycles. The molecule has 1 aliphatic rings.